The van der Waals surface area contributed by atoms with Crippen LogP contribution in [0.4, 0.5) is 11.4 Å². The third-order valence-electron chi connectivity index (χ3n) is 4.49. The Morgan fingerprint density at radius 1 is 0.967 bits per heavy atom. The van der Waals surface area contributed by atoms with Gasteiger partial charge in [0, 0.05) is 43.8 Å². The molecule has 0 unspecified atom stereocenters. The van der Waals surface area contributed by atoms with Crippen LogP contribution in [-0.4, -0.2) is 48.4 Å². The lowest BCUT2D eigenvalue weighted by Gasteiger charge is -2.13. The van der Waals surface area contributed by atoms with Crippen LogP contribution in [0.15, 0.2) is 54.9 Å². The van der Waals surface area contributed by atoms with Crippen molar-refractivity contribution in [3.05, 3.63) is 71.8 Å². The van der Waals surface area contributed by atoms with Gasteiger partial charge in [0.15, 0.2) is 5.69 Å². The van der Waals surface area contributed by atoms with Crippen molar-refractivity contribution >= 4 is 29.1 Å². The van der Waals surface area contributed by atoms with E-state index < -0.39 is 11.8 Å². The first-order valence-corrected chi connectivity index (χ1v) is 9.10. The lowest BCUT2D eigenvalue weighted by atomic mass is 10.1. The first-order valence-electron chi connectivity index (χ1n) is 9.10. The van der Waals surface area contributed by atoms with Crippen LogP contribution in [0.5, 0.6) is 0 Å². The summed E-state index contributed by atoms with van der Waals surface area (Å²) < 4.78 is 1.43. The molecule has 30 heavy (non-hydrogen) atoms. The number of anilines is 2. The van der Waals surface area contributed by atoms with Crippen molar-refractivity contribution < 1.29 is 14.4 Å². The fourth-order valence-electron chi connectivity index (χ4n) is 2.88. The second kappa shape index (κ2) is 8.48. The van der Waals surface area contributed by atoms with Crippen LogP contribution in [0, 0.1) is 0 Å². The summed E-state index contributed by atoms with van der Waals surface area (Å²) in [6.07, 6.45) is 1.35. The summed E-state index contributed by atoms with van der Waals surface area (Å²) in [6.45, 7) is 0. The molecular formula is C21H22N6O3. The molecule has 0 atom stereocenters. The highest BCUT2D eigenvalue weighted by Gasteiger charge is 2.22. The fourth-order valence-corrected chi connectivity index (χ4v) is 2.88. The van der Waals surface area contributed by atoms with Crippen LogP contribution in [0.2, 0.25) is 0 Å². The lowest BCUT2D eigenvalue weighted by Crippen LogP contribution is -2.25. The maximum Gasteiger partial charge on any atom is 0.272 e. The predicted octanol–water partition coefficient (Wildman–Crippen LogP) is 1.65. The summed E-state index contributed by atoms with van der Waals surface area (Å²) in [4.78, 5) is 42.2. The Labute approximate surface area is 173 Å². The van der Waals surface area contributed by atoms with Crippen LogP contribution in [-0.2, 0) is 0 Å². The highest BCUT2D eigenvalue weighted by atomic mass is 16.2. The molecule has 1 heterocycles. The quantitative estimate of drug-likeness (QED) is 0.574. The smallest absolute Gasteiger partial charge is 0.272 e. The molecule has 0 spiro atoms. The van der Waals surface area contributed by atoms with E-state index in [0.29, 0.717) is 16.9 Å². The van der Waals surface area contributed by atoms with E-state index in [-0.39, 0.29) is 17.3 Å². The van der Waals surface area contributed by atoms with E-state index in [2.05, 4.69) is 15.6 Å². The topological polar surface area (TPSA) is 122 Å². The zero-order valence-corrected chi connectivity index (χ0v) is 16.8. The summed E-state index contributed by atoms with van der Waals surface area (Å²) in [5.74, 6) is -1.52. The number of benzene rings is 2. The molecule has 3 amide bonds. The zero-order chi connectivity index (χ0) is 21.8. The number of carbonyl (C=O) groups is 3. The van der Waals surface area contributed by atoms with Gasteiger partial charge in [0.2, 0.25) is 0 Å². The number of nitrogens with zero attached hydrogens (tertiary/aromatic N) is 3. The highest BCUT2D eigenvalue weighted by molar-refractivity contribution is 6.05. The van der Waals surface area contributed by atoms with Crippen LogP contribution >= 0.6 is 0 Å². The minimum atomic E-state index is -0.773. The van der Waals surface area contributed by atoms with Gasteiger partial charge in [-0.15, -0.1) is 0 Å². The summed E-state index contributed by atoms with van der Waals surface area (Å²) >= 11 is 0. The van der Waals surface area contributed by atoms with E-state index in [0.717, 1.165) is 5.69 Å². The number of imidazole rings is 1. The molecule has 3 aromatic rings. The third kappa shape index (κ3) is 4.14. The van der Waals surface area contributed by atoms with Gasteiger partial charge in [-0.1, -0.05) is 0 Å². The molecule has 4 N–H and O–H groups in total. The van der Waals surface area contributed by atoms with Crippen molar-refractivity contribution in [2.75, 3.05) is 31.4 Å². The molecule has 9 nitrogen and oxygen atoms in total. The van der Waals surface area contributed by atoms with Crippen molar-refractivity contribution in [1.82, 2.24) is 14.9 Å². The maximum absolute atomic E-state index is 12.5. The minimum Gasteiger partial charge on any atom is -0.378 e. The first-order chi connectivity index (χ1) is 14.3. The van der Waals surface area contributed by atoms with Crippen molar-refractivity contribution in [3.8, 4) is 5.69 Å². The average molecular weight is 406 g/mol. The van der Waals surface area contributed by atoms with Gasteiger partial charge in [-0.2, -0.15) is 0 Å². The van der Waals surface area contributed by atoms with Crippen LogP contribution < -0.4 is 21.3 Å². The van der Waals surface area contributed by atoms with Gasteiger partial charge in [-0.3, -0.25) is 19.0 Å². The summed E-state index contributed by atoms with van der Waals surface area (Å²) in [5.41, 5.74) is 8.04. The number of amides is 3. The lowest BCUT2D eigenvalue weighted by molar-refractivity contribution is 0.0937. The molecule has 0 bridgehead atoms. The van der Waals surface area contributed by atoms with Gasteiger partial charge in [-0.25, -0.2) is 4.98 Å². The second-order valence-corrected chi connectivity index (χ2v) is 6.70. The Balaban J connectivity index is 1.80. The summed E-state index contributed by atoms with van der Waals surface area (Å²) in [6, 6.07) is 14.0. The number of aromatic nitrogens is 2. The molecular weight excluding hydrogens is 384 g/mol. The molecule has 2 aromatic carbocycles. The number of hydrogen-bond donors (Lipinski definition) is 3. The van der Waals surface area contributed by atoms with Gasteiger partial charge in [-0.05, 0) is 48.5 Å². The highest BCUT2D eigenvalue weighted by Crippen LogP contribution is 2.19. The van der Waals surface area contributed by atoms with Gasteiger partial charge in [0.1, 0.15) is 12.0 Å². The molecule has 0 aliphatic heterocycles. The van der Waals surface area contributed by atoms with E-state index >= 15 is 0 Å². The molecule has 9 heteroatoms. The van der Waals surface area contributed by atoms with Gasteiger partial charge in [0.05, 0.1) is 0 Å². The molecule has 1 aromatic heterocycles. The number of rotatable bonds is 6. The Hall–Kier alpha value is -4.14. The van der Waals surface area contributed by atoms with E-state index in [1.165, 1.54) is 17.9 Å². The Kier molecular flexibility index (Phi) is 5.82. The number of primary amides is 1. The van der Waals surface area contributed by atoms with E-state index in [1.54, 1.807) is 36.4 Å². The monoisotopic (exact) mass is 406 g/mol. The SMILES string of the molecule is CNC(=O)c1ncn(-c2ccc(NC(=O)c3ccc(N(C)C)cc3)cc2)c1C(N)=O. The van der Waals surface area contributed by atoms with E-state index in [4.69, 9.17) is 5.73 Å². The van der Waals surface area contributed by atoms with Crippen molar-refractivity contribution in [2.45, 2.75) is 0 Å². The van der Waals surface area contributed by atoms with Crippen molar-refractivity contribution in [1.29, 1.82) is 0 Å². The van der Waals surface area contributed by atoms with Crippen LogP contribution in [0.3, 0.4) is 0 Å². The van der Waals surface area contributed by atoms with Crippen LogP contribution in [0.25, 0.3) is 5.69 Å². The molecule has 0 saturated carbocycles. The van der Waals surface area contributed by atoms with Crippen molar-refractivity contribution in [2.24, 2.45) is 5.73 Å². The Morgan fingerprint density at radius 3 is 2.13 bits per heavy atom. The molecule has 0 aliphatic carbocycles. The zero-order valence-electron chi connectivity index (χ0n) is 16.8. The second-order valence-electron chi connectivity index (χ2n) is 6.70. The average Bonchev–Trinajstić information content (AvgIpc) is 3.19. The normalized spacial score (nSPS) is 10.4. The van der Waals surface area contributed by atoms with Gasteiger partial charge in [0.25, 0.3) is 17.7 Å². The molecule has 0 aliphatic rings. The van der Waals surface area contributed by atoms with Crippen LogP contribution in [0.1, 0.15) is 31.3 Å². The van der Waals surface area contributed by atoms with Gasteiger partial charge >= 0.3 is 0 Å². The number of carbonyl (C=O) groups excluding carboxylic acids is 3. The number of hydrogen-bond acceptors (Lipinski definition) is 5. The van der Waals surface area contributed by atoms with E-state index in [1.807, 2.05) is 31.1 Å². The number of nitrogens with two attached hydrogens (primary N) is 1. The predicted molar refractivity (Wildman–Crippen MR) is 114 cm³/mol. The first kappa shape index (κ1) is 20.6. The standard InChI is InChI=1S/C21H22N6O3/c1-23-21(30)17-18(19(22)28)27(12-24-17)16-10-6-14(7-11-16)25-20(29)13-4-8-15(9-5-13)26(2)3/h4-12H,1-3H3,(H2,22,28)(H,23,30)(H,25,29). The Bertz CT molecular complexity index is 1080. The molecule has 0 radical (unpaired) electrons. The van der Waals surface area contributed by atoms with Gasteiger partial charge < -0.3 is 21.3 Å². The fraction of sp³-hybridized carbons (Fsp3) is 0.143. The third-order valence-corrected chi connectivity index (χ3v) is 4.49. The molecule has 3 rings (SSSR count). The minimum absolute atomic E-state index is 0.0212. The largest absolute Gasteiger partial charge is 0.378 e. The Morgan fingerprint density at radius 2 is 1.60 bits per heavy atom. The number of nitrogens with one attached hydrogen (secondary N) is 2. The molecule has 154 valence electrons. The summed E-state index contributed by atoms with van der Waals surface area (Å²) in [7, 11) is 5.30. The van der Waals surface area contributed by atoms with Crippen molar-refractivity contribution in [3.63, 3.8) is 0 Å². The molecule has 0 fully saturated rings. The van der Waals surface area contributed by atoms with E-state index in [9.17, 15) is 14.4 Å². The molecule has 0 saturated heterocycles. The summed E-state index contributed by atoms with van der Waals surface area (Å²) in [5, 5.41) is 5.25. The maximum atomic E-state index is 12.5.